The Labute approximate surface area is 179 Å². The van der Waals surface area contributed by atoms with Gasteiger partial charge in [0, 0.05) is 36.7 Å². The molecule has 1 N–H and O–H groups in total. The number of nitro groups is 1. The summed E-state index contributed by atoms with van der Waals surface area (Å²) in [6.07, 6.45) is 0.311. The van der Waals surface area contributed by atoms with E-state index in [4.69, 9.17) is 11.6 Å². The molecule has 1 aliphatic heterocycles. The molecule has 9 nitrogen and oxygen atoms in total. The summed E-state index contributed by atoms with van der Waals surface area (Å²) in [6.45, 7) is 0.486. The fraction of sp³-hybridized carbons (Fsp3) is 0.158. The summed E-state index contributed by atoms with van der Waals surface area (Å²) in [5.41, 5.74) is 0.713. The highest BCUT2D eigenvalue weighted by Gasteiger charge is 2.34. The standard InChI is InChI=1S/C19H14ClN5O4S/c20-15-9-13(25(28)29)6-7-14(15)17(27)21-19-23-22-18(30-19)11-8-16(26)24(10-11)12-4-2-1-3-5-12/h1-7,9,11H,8,10H2,(H,21,23,27). The van der Waals surface area contributed by atoms with Crippen LogP contribution in [-0.4, -0.2) is 33.5 Å². The van der Waals surface area contributed by atoms with Gasteiger partial charge in [0.25, 0.3) is 11.6 Å². The van der Waals surface area contributed by atoms with Crippen LogP contribution in [0.5, 0.6) is 0 Å². The number of benzene rings is 2. The van der Waals surface area contributed by atoms with E-state index >= 15 is 0 Å². The lowest BCUT2D eigenvalue weighted by molar-refractivity contribution is -0.384. The maximum Gasteiger partial charge on any atom is 0.270 e. The van der Waals surface area contributed by atoms with Crippen LogP contribution in [0.2, 0.25) is 5.02 Å². The first-order chi connectivity index (χ1) is 14.4. The predicted molar refractivity (Wildman–Crippen MR) is 112 cm³/mol. The molecule has 0 radical (unpaired) electrons. The Morgan fingerprint density at radius 1 is 1.23 bits per heavy atom. The van der Waals surface area contributed by atoms with Gasteiger partial charge >= 0.3 is 0 Å². The molecule has 4 rings (SSSR count). The van der Waals surface area contributed by atoms with Gasteiger partial charge in [0.1, 0.15) is 5.01 Å². The van der Waals surface area contributed by atoms with E-state index in [9.17, 15) is 19.7 Å². The topological polar surface area (TPSA) is 118 Å². The first kappa shape index (κ1) is 19.9. The van der Waals surface area contributed by atoms with Gasteiger partial charge in [0.2, 0.25) is 11.0 Å². The number of hydrogen-bond acceptors (Lipinski definition) is 7. The lowest BCUT2D eigenvalue weighted by Gasteiger charge is -2.15. The van der Waals surface area contributed by atoms with E-state index in [2.05, 4.69) is 15.5 Å². The molecule has 1 saturated heterocycles. The molecule has 0 aliphatic carbocycles. The second-order valence-electron chi connectivity index (χ2n) is 6.56. The van der Waals surface area contributed by atoms with Crippen LogP contribution >= 0.6 is 22.9 Å². The van der Waals surface area contributed by atoms with E-state index in [1.54, 1.807) is 4.90 Å². The van der Waals surface area contributed by atoms with Gasteiger partial charge in [-0.05, 0) is 18.2 Å². The van der Waals surface area contributed by atoms with Crippen molar-refractivity contribution in [3.63, 3.8) is 0 Å². The van der Waals surface area contributed by atoms with Crippen LogP contribution in [0.25, 0.3) is 0 Å². The van der Waals surface area contributed by atoms with Crippen LogP contribution in [0.1, 0.15) is 27.7 Å². The van der Waals surface area contributed by atoms with E-state index in [1.165, 1.54) is 23.5 Å². The van der Waals surface area contributed by atoms with E-state index in [0.29, 0.717) is 18.0 Å². The van der Waals surface area contributed by atoms with Crippen molar-refractivity contribution in [2.75, 3.05) is 16.8 Å². The average Bonchev–Trinajstić information content (AvgIpc) is 3.35. The number of nitrogens with zero attached hydrogens (tertiary/aromatic N) is 4. The van der Waals surface area contributed by atoms with Crippen LogP contribution in [0.15, 0.2) is 48.5 Å². The largest absolute Gasteiger partial charge is 0.312 e. The van der Waals surface area contributed by atoms with Crippen LogP contribution in [0.3, 0.4) is 0 Å². The van der Waals surface area contributed by atoms with E-state index < -0.39 is 10.8 Å². The monoisotopic (exact) mass is 443 g/mol. The number of carbonyl (C=O) groups excluding carboxylic acids is 2. The number of rotatable bonds is 5. The lowest BCUT2D eigenvalue weighted by atomic mass is 10.1. The summed E-state index contributed by atoms with van der Waals surface area (Å²) in [6, 6.07) is 13.0. The van der Waals surface area contributed by atoms with Gasteiger partial charge < -0.3 is 4.90 Å². The number of non-ortho nitro benzene ring substituents is 1. The minimum absolute atomic E-state index is 0.00430. The molecule has 11 heteroatoms. The van der Waals surface area contributed by atoms with E-state index in [0.717, 1.165) is 11.8 Å². The van der Waals surface area contributed by atoms with Crippen molar-refractivity contribution in [3.8, 4) is 0 Å². The second kappa shape index (κ2) is 8.17. The maximum atomic E-state index is 12.4. The molecule has 0 spiro atoms. The average molecular weight is 444 g/mol. The summed E-state index contributed by atoms with van der Waals surface area (Å²) in [4.78, 5) is 36.7. The minimum Gasteiger partial charge on any atom is -0.312 e. The Morgan fingerprint density at radius 3 is 2.70 bits per heavy atom. The first-order valence-electron chi connectivity index (χ1n) is 8.86. The number of carbonyl (C=O) groups is 2. The van der Waals surface area contributed by atoms with Crippen LogP contribution in [0, 0.1) is 10.1 Å². The Bertz CT molecular complexity index is 1140. The Hall–Kier alpha value is -3.37. The third kappa shape index (κ3) is 4.00. The maximum absolute atomic E-state index is 12.4. The Morgan fingerprint density at radius 2 is 2.00 bits per heavy atom. The number of amides is 2. The quantitative estimate of drug-likeness (QED) is 0.472. The van der Waals surface area contributed by atoms with Gasteiger partial charge in [-0.3, -0.25) is 25.0 Å². The molecule has 0 bridgehead atoms. The first-order valence-corrected chi connectivity index (χ1v) is 10.1. The highest BCUT2D eigenvalue weighted by Crippen LogP contribution is 2.34. The SMILES string of the molecule is O=C(Nc1nnc(C2CC(=O)N(c3ccccc3)C2)s1)c1ccc([N+](=O)[O-])cc1Cl. The highest BCUT2D eigenvalue weighted by molar-refractivity contribution is 7.15. The number of aromatic nitrogens is 2. The molecule has 152 valence electrons. The van der Waals surface area contributed by atoms with E-state index in [1.807, 2.05) is 30.3 Å². The molecule has 1 aliphatic rings. The molecule has 2 amide bonds. The summed E-state index contributed by atoms with van der Waals surface area (Å²) < 4.78 is 0. The molecule has 1 aromatic heterocycles. The zero-order valence-corrected chi connectivity index (χ0v) is 16.9. The molecule has 2 heterocycles. The van der Waals surface area contributed by atoms with Crippen LogP contribution < -0.4 is 10.2 Å². The Kier molecular flexibility index (Phi) is 5.42. The number of halogens is 1. The van der Waals surface area contributed by atoms with Crippen molar-refractivity contribution in [2.24, 2.45) is 0 Å². The van der Waals surface area contributed by atoms with Crippen molar-refractivity contribution >= 4 is 51.3 Å². The summed E-state index contributed by atoms with van der Waals surface area (Å²) in [5.74, 6) is -0.667. The molecule has 1 fully saturated rings. The molecule has 0 saturated carbocycles. The smallest absolute Gasteiger partial charge is 0.270 e. The van der Waals surface area contributed by atoms with Gasteiger partial charge in [-0.2, -0.15) is 0 Å². The number of para-hydroxylation sites is 1. The third-order valence-corrected chi connectivity index (χ3v) is 5.93. The zero-order chi connectivity index (χ0) is 21.3. The molecule has 1 atom stereocenters. The summed E-state index contributed by atoms with van der Waals surface area (Å²) in [5, 5.41) is 22.4. The fourth-order valence-electron chi connectivity index (χ4n) is 3.15. The van der Waals surface area contributed by atoms with Gasteiger partial charge in [0.15, 0.2) is 0 Å². The predicted octanol–water partition coefficient (Wildman–Crippen LogP) is 3.87. The molecular formula is C19H14ClN5O4S. The van der Waals surface area contributed by atoms with Crippen molar-refractivity contribution in [3.05, 3.63) is 74.2 Å². The number of nitro benzene ring substituents is 1. The van der Waals surface area contributed by atoms with Crippen molar-refractivity contribution < 1.29 is 14.5 Å². The molecule has 1 unspecified atom stereocenters. The normalized spacial score (nSPS) is 16.0. The van der Waals surface area contributed by atoms with Crippen molar-refractivity contribution in [1.29, 1.82) is 0 Å². The van der Waals surface area contributed by atoms with Gasteiger partial charge in [-0.1, -0.05) is 41.1 Å². The highest BCUT2D eigenvalue weighted by atomic mass is 35.5. The lowest BCUT2D eigenvalue weighted by Crippen LogP contribution is -2.24. The summed E-state index contributed by atoms with van der Waals surface area (Å²) >= 11 is 7.17. The zero-order valence-electron chi connectivity index (χ0n) is 15.3. The molecule has 2 aromatic carbocycles. The van der Waals surface area contributed by atoms with Gasteiger partial charge in [-0.25, -0.2) is 0 Å². The van der Waals surface area contributed by atoms with Crippen LogP contribution in [-0.2, 0) is 4.79 Å². The Balaban J connectivity index is 1.45. The van der Waals surface area contributed by atoms with Gasteiger partial charge in [0.05, 0.1) is 15.5 Å². The second-order valence-corrected chi connectivity index (χ2v) is 7.98. The van der Waals surface area contributed by atoms with Gasteiger partial charge in [-0.15, -0.1) is 10.2 Å². The van der Waals surface area contributed by atoms with E-state index in [-0.39, 0.29) is 33.2 Å². The molecule has 30 heavy (non-hydrogen) atoms. The summed E-state index contributed by atoms with van der Waals surface area (Å²) in [7, 11) is 0. The van der Waals surface area contributed by atoms with Crippen molar-refractivity contribution in [1.82, 2.24) is 10.2 Å². The number of hydrogen-bond donors (Lipinski definition) is 1. The molecular weight excluding hydrogens is 430 g/mol. The number of anilines is 2. The fourth-order valence-corrected chi connectivity index (χ4v) is 4.24. The van der Waals surface area contributed by atoms with Crippen LogP contribution in [0.4, 0.5) is 16.5 Å². The molecule has 3 aromatic rings. The third-order valence-electron chi connectivity index (χ3n) is 4.61. The number of nitrogens with one attached hydrogen (secondary N) is 1. The van der Waals surface area contributed by atoms with Crippen molar-refractivity contribution in [2.45, 2.75) is 12.3 Å². The minimum atomic E-state index is -0.591.